The minimum Gasteiger partial charge on any atom is -0.359 e. The van der Waals surface area contributed by atoms with Crippen LogP contribution in [0.4, 0.5) is 0 Å². The number of carbonyl (C=O) groups is 1. The van der Waals surface area contributed by atoms with Gasteiger partial charge in [0, 0.05) is 19.6 Å². The number of ketones is 1. The van der Waals surface area contributed by atoms with Gasteiger partial charge in [0.25, 0.3) is 0 Å². The molecule has 0 bridgehead atoms. The summed E-state index contributed by atoms with van der Waals surface area (Å²) in [4.78, 5) is 12.1. The molecule has 0 aromatic rings. The summed E-state index contributed by atoms with van der Waals surface area (Å²) in [5.41, 5.74) is 0. The smallest absolute Gasteiger partial charge is 0.190 e. The van der Waals surface area contributed by atoms with Crippen LogP contribution in [0.2, 0.25) is 0 Å². The van der Waals surface area contributed by atoms with Crippen LogP contribution in [0, 0.1) is 5.92 Å². The molecule has 0 aromatic carbocycles. The molecule has 2 heterocycles. The maximum atomic E-state index is 12.1. The first-order chi connectivity index (χ1) is 10.7. The monoisotopic (exact) mass is 314 g/mol. The highest BCUT2D eigenvalue weighted by Crippen LogP contribution is 2.32. The number of hydrogen-bond donors (Lipinski definition) is 0. The Bertz CT molecular complexity index is 366. The lowest BCUT2D eigenvalue weighted by molar-refractivity contribution is -0.169. The molecule has 22 heavy (non-hydrogen) atoms. The standard InChI is InChI=1S/C16H26O6/c1-4-11(2)14(21-10-18-3)16-15(22-16)12(17)9-20-13-7-5-6-8-19-13/h4,11,13-16H,1,5-10H2,2-3H3/t11-,13-,14-,15+,16-/m0/s1. The van der Waals surface area contributed by atoms with Gasteiger partial charge in [-0.3, -0.25) is 4.79 Å². The summed E-state index contributed by atoms with van der Waals surface area (Å²) in [6.07, 6.45) is 3.54. The molecule has 126 valence electrons. The van der Waals surface area contributed by atoms with Crippen LogP contribution in [0.3, 0.4) is 0 Å². The van der Waals surface area contributed by atoms with E-state index >= 15 is 0 Å². The number of methoxy groups -OCH3 is 1. The van der Waals surface area contributed by atoms with Gasteiger partial charge < -0.3 is 23.7 Å². The first-order valence-corrected chi connectivity index (χ1v) is 7.81. The first-order valence-electron chi connectivity index (χ1n) is 7.81. The number of carbonyl (C=O) groups excluding carboxylic acids is 1. The number of rotatable bonds is 10. The normalized spacial score (nSPS) is 30.5. The summed E-state index contributed by atoms with van der Waals surface area (Å²) in [5, 5.41) is 0. The van der Waals surface area contributed by atoms with Crippen molar-refractivity contribution in [3.05, 3.63) is 12.7 Å². The number of epoxide rings is 1. The first kappa shape index (κ1) is 17.6. The molecule has 2 fully saturated rings. The van der Waals surface area contributed by atoms with Crippen molar-refractivity contribution in [3.8, 4) is 0 Å². The minimum absolute atomic E-state index is 0.0191. The van der Waals surface area contributed by atoms with Gasteiger partial charge >= 0.3 is 0 Å². The Balaban J connectivity index is 1.75. The Morgan fingerprint density at radius 2 is 2.27 bits per heavy atom. The fourth-order valence-electron chi connectivity index (χ4n) is 2.56. The second-order valence-corrected chi connectivity index (χ2v) is 5.73. The third-order valence-electron chi connectivity index (χ3n) is 3.98. The molecule has 6 nitrogen and oxygen atoms in total. The van der Waals surface area contributed by atoms with Gasteiger partial charge in [0.15, 0.2) is 12.1 Å². The molecule has 2 rings (SSSR count). The van der Waals surface area contributed by atoms with Crippen LogP contribution in [-0.4, -0.2) is 57.5 Å². The number of ether oxygens (including phenoxy) is 5. The zero-order chi connectivity index (χ0) is 15.9. The van der Waals surface area contributed by atoms with Crippen molar-refractivity contribution in [2.75, 3.05) is 27.1 Å². The molecule has 2 saturated heterocycles. The van der Waals surface area contributed by atoms with Gasteiger partial charge in [-0.1, -0.05) is 13.0 Å². The molecule has 6 heteroatoms. The van der Waals surface area contributed by atoms with Gasteiger partial charge in [-0.25, -0.2) is 0 Å². The summed E-state index contributed by atoms with van der Waals surface area (Å²) in [7, 11) is 1.56. The average molecular weight is 314 g/mol. The van der Waals surface area contributed by atoms with Crippen LogP contribution in [0.5, 0.6) is 0 Å². The lowest BCUT2D eigenvalue weighted by Gasteiger charge is -2.22. The van der Waals surface area contributed by atoms with Gasteiger partial charge in [0.05, 0.1) is 6.10 Å². The summed E-state index contributed by atoms with van der Waals surface area (Å²) >= 11 is 0. The summed E-state index contributed by atoms with van der Waals surface area (Å²) < 4.78 is 27.0. The molecular formula is C16H26O6. The van der Waals surface area contributed by atoms with E-state index in [1.54, 1.807) is 13.2 Å². The van der Waals surface area contributed by atoms with Crippen LogP contribution in [0.1, 0.15) is 26.2 Å². The van der Waals surface area contributed by atoms with E-state index in [1.807, 2.05) is 6.92 Å². The van der Waals surface area contributed by atoms with E-state index in [4.69, 9.17) is 23.7 Å². The molecule has 0 spiro atoms. The van der Waals surface area contributed by atoms with Crippen LogP contribution >= 0.6 is 0 Å². The van der Waals surface area contributed by atoms with Gasteiger partial charge in [-0.15, -0.1) is 6.58 Å². The Kier molecular flexibility index (Phi) is 6.98. The zero-order valence-electron chi connectivity index (χ0n) is 13.4. The van der Waals surface area contributed by atoms with Crippen LogP contribution in [-0.2, 0) is 28.5 Å². The maximum absolute atomic E-state index is 12.1. The third-order valence-corrected chi connectivity index (χ3v) is 3.98. The van der Waals surface area contributed by atoms with Crippen LogP contribution in [0.15, 0.2) is 12.7 Å². The van der Waals surface area contributed by atoms with E-state index in [0.717, 1.165) is 19.3 Å². The van der Waals surface area contributed by atoms with E-state index in [2.05, 4.69) is 6.58 Å². The predicted octanol–water partition coefficient (Wildman–Crippen LogP) is 1.68. The highest BCUT2D eigenvalue weighted by molar-refractivity contribution is 5.87. The molecule has 0 N–H and O–H groups in total. The van der Waals surface area contributed by atoms with Crippen molar-refractivity contribution in [2.45, 2.75) is 50.8 Å². The van der Waals surface area contributed by atoms with Crippen molar-refractivity contribution in [2.24, 2.45) is 5.92 Å². The summed E-state index contributed by atoms with van der Waals surface area (Å²) in [6, 6.07) is 0. The lowest BCUT2D eigenvalue weighted by atomic mass is 9.99. The Morgan fingerprint density at radius 1 is 1.45 bits per heavy atom. The largest absolute Gasteiger partial charge is 0.359 e. The minimum atomic E-state index is -0.465. The van der Waals surface area contributed by atoms with Crippen molar-refractivity contribution < 1.29 is 28.5 Å². The van der Waals surface area contributed by atoms with E-state index in [0.29, 0.717) is 6.61 Å². The highest BCUT2D eigenvalue weighted by atomic mass is 16.7. The van der Waals surface area contributed by atoms with Crippen molar-refractivity contribution in [1.29, 1.82) is 0 Å². The fourth-order valence-corrected chi connectivity index (χ4v) is 2.56. The molecule has 0 radical (unpaired) electrons. The maximum Gasteiger partial charge on any atom is 0.190 e. The van der Waals surface area contributed by atoms with Crippen molar-refractivity contribution in [1.82, 2.24) is 0 Å². The van der Waals surface area contributed by atoms with Crippen molar-refractivity contribution in [3.63, 3.8) is 0 Å². The van der Waals surface area contributed by atoms with E-state index in [9.17, 15) is 4.79 Å². The van der Waals surface area contributed by atoms with Gasteiger partial charge in [0.2, 0.25) is 0 Å². The Morgan fingerprint density at radius 3 is 2.91 bits per heavy atom. The second kappa shape index (κ2) is 8.74. The molecule has 2 aliphatic heterocycles. The Hall–Kier alpha value is -0.790. The summed E-state index contributed by atoms with van der Waals surface area (Å²) in [6.45, 7) is 6.62. The second-order valence-electron chi connectivity index (χ2n) is 5.73. The molecule has 2 aliphatic rings. The quantitative estimate of drug-likeness (QED) is 0.347. The average Bonchev–Trinajstić information content (AvgIpc) is 3.34. The molecular weight excluding hydrogens is 288 g/mol. The van der Waals surface area contributed by atoms with Crippen molar-refractivity contribution >= 4 is 5.78 Å². The van der Waals surface area contributed by atoms with Gasteiger partial charge in [-0.05, 0) is 19.3 Å². The zero-order valence-corrected chi connectivity index (χ0v) is 13.4. The Labute approximate surface area is 131 Å². The molecule has 0 amide bonds. The highest BCUT2D eigenvalue weighted by Gasteiger charge is 2.51. The number of hydrogen-bond acceptors (Lipinski definition) is 6. The van der Waals surface area contributed by atoms with Gasteiger partial charge in [-0.2, -0.15) is 0 Å². The molecule has 5 atom stereocenters. The SMILES string of the molecule is C=C[C@H](C)[C@H](OCOC)[C@@H]1O[C@@H]1C(=O)CO[C@H]1CCCCO1. The van der Waals surface area contributed by atoms with Gasteiger partial charge in [0.1, 0.15) is 25.6 Å². The lowest BCUT2D eigenvalue weighted by Crippen LogP contribution is -2.32. The predicted molar refractivity (Wildman–Crippen MR) is 79.3 cm³/mol. The van der Waals surface area contributed by atoms with E-state index in [-0.39, 0.29) is 43.6 Å². The topological polar surface area (TPSA) is 66.5 Å². The summed E-state index contributed by atoms with van der Waals surface area (Å²) in [5.74, 6) is 0.00185. The van der Waals surface area contributed by atoms with E-state index < -0.39 is 6.10 Å². The molecule has 0 aliphatic carbocycles. The molecule has 0 aromatic heterocycles. The third kappa shape index (κ3) is 4.86. The van der Waals surface area contributed by atoms with Crippen LogP contribution in [0.25, 0.3) is 0 Å². The fraction of sp³-hybridized carbons (Fsp3) is 0.812. The van der Waals surface area contributed by atoms with Crippen LogP contribution < -0.4 is 0 Å². The molecule has 0 unspecified atom stereocenters. The van der Waals surface area contributed by atoms with E-state index in [1.165, 1.54) is 0 Å². The number of Topliss-reactive ketones (excluding diaryl/α,β-unsaturated/α-hetero) is 1. The molecule has 0 saturated carbocycles.